The van der Waals surface area contributed by atoms with Crippen LogP contribution in [0, 0.1) is 0 Å². The zero-order valence-corrected chi connectivity index (χ0v) is 12.6. The Morgan fingerprint density at radius 1 is 1.05 bits per heavy atom. The van der Waals surface area contributed by atoms with Gasteiger partial charge in [-0.2, -0.15) is 13.2 Å². The maximum absolute atomic E-state index is 12.5. The van der Waals surface area contributed by atoms with E-state index in [2.05, 4.69) is 9.88 Å². The van der Waals surface area contributed by atoms with Crippen molar-refractivity contribution in [3.8, 4) is 0 Å². The number of thiazole rings is 1. The van der Waals surface area contributed by atoms with Gasteiger partial charge in [0, 0.05) is 32.9 Å². The molecular formula is C14H16F3N3S. The summed E-state index contributed by atoms with van der Waals surface area (Å²) in [4.78, 5) is 6.96. The first kappa shape index (κ1) is 15.6. The maximum Gasteiger partial charge on any atom is 0.427 e. The second kappa shape index (κ2) is 6.34. The van der Waals surface area contributed by atoms with Crippen molar-refractivity contribution in [1.29, 1.82) is 0 Å². The molecule has 2 aromatic rings. The van der Waals surface area contributed by atoms with Crippen LogP contribution in [0.5, 0.6) is 0 Å². The van der Waals surface area contributed by atoms with Crippen LogP contribution in [-0.4, -0.2) is 32.2 Å². The normalized spacial score (nSPS) is 11.5. The van der Waals surface area contributed by atoms with Gasteiger partial charge in [0.1, 0.15) is 4.88 Å². The Morgan fingerprint density at radius 2 is 1.67 bits per heavy atom. The summed E-state index contributed by atoms with van der Waals surface area (Å²) in [6.07, 6.45) is -3.44. The van der Waals surface area contributed by atoms with Crippen LogP contribution in [0.1, 0.15) is 4.88 Å². The molecule has 0 bridgehead atoms. The van der Waals surface area contributed by atoms with Gasteiger partial charge in [-0.25, -0.2) is 4.98 Å². The van der Waals surface area contributed by atoms with Crippen LogP contribution in [0.3, 0.4) is 0 Å². The Balaban J connectivity index is 1.93. The summed E-state index contributed by atoms with van der Waals surface area (Å²) < 4.78 is 37.6. The van der Waals surface area contributed by atoms with Crippen molar-refractivity contribution in [2.45, 2.75) is 6.18 Å². The van der Waals surface area contributed by atoms with E-state index in [9.17, 15) is 13.2 Å². The number of benzene rings is 1. The number of halogens is 3. The molecule has 1 heterocycles. The van der Waals surface area contributed by atoms with E-state index in [1.54, 1.807) is 11.9 Å². The molecule has 0 fully saturated rings. The second-order valence-electron chi connectivity index (χ2n) is 4.68. The SMILES string of the molecule is CN(CCN(C)c1ncc(C(F)(F)F)s1)c1ccccc1. The Bertz CT molecular complexity index is 568. The van der Waals surface area contributed by atoms with Crippen molar-refractivity contribution in [3.05, 3.63) is 41.4 Å². The molecule has 1 aromatic heterocycles. The molecule has 3 nitrogen and oxygen atoms in total. The van der Waals surface area contributed by atoms with Gasteiger partial charge >= 0.3 is 6.18 Å². The molecule has 0 amide bonds. The fraction of sp³-hybridized carbons (Fsp3) is 0.357. The number of hydrogen-bond acceptors (Lipinski definition) is 4. The summed E-state index contributed by atoms with van der Waals surface area (Å²) in [7, 11) is 3.70. The van der Waals surface area contributed by atoms with Crippen molar-refractivity contribution >= 4 is 22.2 Å². The van der Waals surface area contributed by atoms with E-state index < -0.39 is 11.1 Å². The summed E-state index contributed by atoms with van der Waals surface area (Å²) >= 11 is 0.667. The Hall–Kier alpha value is -1.76. The molecule has 0 radical (unpaired) electrons. The van der Waals surface area contributed by atoms with Crippen LogP contribution >= 0.6 is 11.3 Å². The molecule has 0 N–H and O–H groups in total. The Labute approximate surface area is 125 Å². The van der Waals surface area contributed by atoms with Gasteiger partial charge in [-0.3, -0.25) is 0 Å². The lowest BCUT2D eigenvalue weighted by molar-refractivity contribution is -0.134. The van der Waals surface area contributed by atoms with Crippen molar-refractivity contribution in [3.63, 3.8) is 0 Å². The number of hydrogen-bond donors (Lipinski definition) is 0. The lowest BCUT2D eigenvalue weighted by Crippen LogP contribution is -2.30. The van der Waals surface area contributed by atoms with Crippen LogP contribution in [0.25, 0.3) is 0 Å². The predicted octanol–water partition coefficient (Wildman–Crippen LogP) is 3.73. The van der Waals surface area contributed by atoms with E-state index in [1.807, 2.05) is 37.4 Å². The summed E-state index contributed by atoms with van der Waals surface area (Å²) in [5, 5.41) is 0.379. The highest BCUT2D eigenvalue weighted by Gasteiger charge is 2.33. The quantitative estimate of drug-likeness (QED) is 0.838. The third-order valence-electron chi connectivity index (χ3n) is 3.07. The molecule has 0 saturated heterocycles. The molecule has 2 rings (SSSR count). The van der Waals surface area contributed by atoms with Crippen molar-refractivity contribution < 1.29 is 13.2 Å². The average Bonchev–Trinajstić information content (AvgIpc) is 2.95. The molecule has 0 aliphatic rings. The third-order valence-corrected chi connectivity index (χ3v) is 4.22. The van der Waals surface area contributed by atoms with Gasteiger partial charge in [0.2, 0.25) is 0 Å². The molecule has 21 heavy (non-hydrogen) atoms. The first-order chi connectivity index (χ1) is 9.88. The minimum absolute atomic E-state index is 0.379. The van der Waals surface area contributed by atoms with Gasteiger partial charge in [0.25, 0.3) is 0 Å². The van der Waals surface area contributed by atoms with Crippen LogP contribution in [0.2, 0.25) is 0 Å². The van der Waals surface area contributed by atoms with Crippen LogP contribution in [0.15, 0.2) is 36.5 Å². The first-order valence-electron chi connectivity index (χ1n) is 6.38. The summed E-state index contributed by atoms with van der Waals surface area (Å²) in [5.41, 5.74) is 1.07. The van der Waals surface area contributed by atoms with Gasteiger partial charge in [0.05, 0.1) is 6.20 Å². The number of likely N-dealkylation sites (N-methyl/N-ethyl adjacent to an activating group) is 2. The maximum atomic E-state index is 12.5. The lowest BCUT2D eigenvalue weighted by atomic mass is 10.3. The standard InChI is InChI=1S/C14H16F3N3S/c1-19(11-6-4-3-5-7-11)8-9-20(2)13-18-10-12(21-13)14(15,16)17/h3-7,10H,8-9H2,1-2H3. The van der Waals surface area contributed by atoms with Crippen LogP contribution < -0.4 is 9.80 Å². The van der Waals surface area contributed by atoms with E-state index >= 15 is 0 Å². The van der Waals surface area contributed by atoms with E-state index in [0.717, 1.165) is 11.9 Å². The van der Waals surface area contributed by atoms with Gasteiger partial charge in [0.15, 0.2) is 5.13 Å². The van der Waals surface area contributed by atoms with E-state index in [-0.39, 0.29) is 0 Å². The molecule has 0 atom stereocenters. The zero-order chi connectivity index (χ0) is 15.5. The van der Waals surface area contributed by atoms with E-state index in [1.165, 1.54) is 0 Å². The number of nitrogens with zero attached hydrogens (tertiary/aromatic N) is 3. The van der Waals surface area contributed by atoms with Crippen molar-refractivity contribution in [2.75, 3.05) is 37.0 Å². The highest BCUT2D eigenvalue weighted by molar-refractivity contribution is 7.15. The summed E-state index contributed by atoms with van der Waals surface area (Å²) in [6, 6.07) is 9.83. The molecule has 7 heteroatoms. The predicted molar refractivity (Wildman–Crippen MR) is 80.1 cm³/mol. The monoisotopic (exact) mass is 315 g/mol. The lowest BCUT2D eigenvalue weighted by Gasteiger charge is -2.23. The molecule has 0 aliphatic heterocycles. The number of rotatable bonds is 5. The molecule has 0 aliphatic carbocycles. The van der Waals surface area contributed by atoms with Crippen LogP contribution in [0.4, 0.5) is 24.0 Å². The second-order valence-corrected chi connectivity index (χ2v) is 5.69. The average molecular weight is 315 g/mol. The minimum Gasteiger partial charge on any atom is -0.373 e. The van der Waals surface area contributed by atoms with E-state index in [0.29, 0.717) is 29.6 Å². The first-order valence-corrected chi connectivity index (χ1v) is 7.20. The molecule has 114 valence electrons. The van der Waals surface area contributed by atoms with Gasteiger partial charge < -0.3 is 9.80 Å². The van der Waals surface area contributed by atoms with Gasteiger partial charge in [-0.15, -0.1) is 0 Å². The molecule has 0 spiro atoms. The van der Waals surface area contributed by atoms with Gasteiger partial charge in [-0.05, 0) is 12.1 Å². The fourth-order valence-corrected chi connectivity index (χ4v) is 2.55. The van der Waals surface area contributed by atoms with Gasteiger partial charge in [-0.1, -0.05) is 29.5 Å². The molecule has 0 saturated carbocycles. The van der Waals surface area contributed by atoms with Crippen LogP contribution in [-0.2, 0) is 6.18 Å². The highest BCUT2D eigenvalue weighted by Crippen LogP contribution is 2.35. The fourth-order valence-electron chi connectivity index (χ4n) is 1.78. The summed E-state index contributed by atoms with van der Waals surface area (Å²) in [5.74, 6) is 0. The highest BCUT2D eigenvalue weighted by atomic mass is 32.1. The molecular weight excluding hydrogens is 299 g/mol. The Kier molecular flexibility index (Phi) is 4.72. The zero-order valence-electron chi connectivity index (χ0n) is 11.8. The number of alkyl halides is 3. The topological polar surface area (TPSA) is 19.4 Å². The van der Waals surface area contributed by atoms with Crippen molar-refractivity contribution in [2.24, 2.45) is 0 Å². The number of anilines is 2. The van der Waals surface area contributed by atoms with Crippen molar-refractivity contribution in [1.82, 2.24) is 4.98 Å². The minimum atomic E-state index is -4.32. The largest absolute Gasteiger partial charge is 0.427 e. The van der Waals surface area contributed by atoms with E-state index in [4.69, 9.17) is 0 Å². The number of aromatic nitrogens is 1. The smallest absolute Gasteiger partial charge is 0.373 e. The summed E-state index contributed by atoms with van der Waals surface area (Å²) in [6.45, 7) is 1.29. The Morgan fingerprint density at radius 3 is 2.24 bits per heavy atom. The third kappa shape index (κ3) is 4.10. The number of para-hydroxylation sites is 1. The molecule has 0 unspecified atom stereocenters. The molecule has 1 aromatic carbocycles.